The SMILES string of the molecule is CN1CCN(c2ccc(S(=O)(=O)C(Cl)(Cl)Br)cc2[N+](=O)[O-])CC1. The number of alkyl halides is 3. The minimum absolute atomic E-state index is 0.291. The van der Waals surface area contributed by atoms with Crippen molar-refractivity contribution in [1.29, 1.82) is 0 Å². The van der Waals surface area contributed by atoms with E-state index in [0.717, 1.165) is 19.2 Å². The third kappa shape index (κ3) is 3.90. The van der Waals surface area contributed by atoms with Crippen molar-refractivity contribution in [1.82, 2.24) is 4.90 Å². The Morgan fingerprint density at radius 2 is 1.83 bits per heavy atom. The summed E-state index contributed by atoms with van der Waals surface area (Å²) >= 11 is 13.9. The van der Waals surface area contributed by atoms with Gasteiger partial charge in [-0.2, -0.15) is 0 Å². The molecule has 1 aliphatic heterocycles. The summed E-state index contributed by atoms with van der Waals surface area (Å²) in [5.41, 5.74) is 0.0899. The molecule has 0 saturated carbocycles. The van der Waals surface area contributed by atoms with E-state index in [2.05, 4.69) is 20.8 Å². The first-order chi connectivity index (χ1) is 10.5. The molecule has 1 fully saturated rings. The number of rotatable bonds is 4. The quantitative estimate of drug-likeness (QED) is 0.401. The molecule has 0 aromatic heterocycles. The lowest BCUT2D eigenvalue weighted by Crippen LogP contribution is -2.44. The molecule has 11 heteroatoms. The van der Waals surface area contributed by atoms with Gasteiger partial charge in [-0.1, -0.05) is 23.2 Å². The zero-order chi connectivity index (χ0) is 17.4. The molecule has 0 aliphatic carbocycles. The van der Waals surface area contributed by atoms with Crippen molar-refractivity contribution in [2.75, 3.05) is 38.1 Å². The molecular formula is C12H14BrCl2N3O4S. The third-order valence-corrected chi connectivity index (χ3v) is 7.58. The molecule has 7 nitrogen and oxygen atoms in total. The monoisotopic (exact) mass is 445 g/mol. The fourth-order valence-electron chi connectivity index (χ4n) is 2.27. The standard InChI is InChI=1S/C12H14BrCl2N3O4S/c1-16-4-6-17(7-5-16)10-3-2-9(8-11(10)18(19)20)23(21,22)12(13,14)15/h2-3,8H,4-7H2,1H3. The summed E-state index contributed by atoms with van der Waals surface area (Å²) < 4.78 is 22.2. The van der Waals surface area contributed by atoms with Crippen LogP contribution in [0.15, 0.2) is 23.1 Å². The van der Waals surface area contributed by atoms with Gasteiger partial charge in [-0.05, 0) is 35.1 Å². The van der Waals surface area contributed by atoms with Crippen molar-refractivity contribution in [3.63, 3.8) is 0 Å². The highest BCUT2D eigenvalue weighted by Gasteiger charge is 2.40. The molecule has 128 valence electrons. The maximum Gasteiger partial charge on any atom is 0.293 e. The molecule has 1 aromatic carbocycles. The summed E-state index contributed by atoms with van der Waals surface area (Å²) in [5.74, 6) is 0. The number of benzene rings is 1. The highest BCUT2D eigenvalue weighted by Crippen LogP contribution is 2.41. The van der Waals surface area contributed by atoms with Crippen molar-refractivity contribution < 1.29 is 13.3 Å². The lowest BCUT2D eigenvalue weighted by molar-refractivity contribution is -0.384. The molecule has 0 spiro atoms. The van der Waals surface area contributed by atoms with Gasteiger partial charge in [-0.3, -0.25) is 10.1 Å². The smallest absolute Gasteiger partial charge is 0.293 e. The Labute approximate surface area is 152 Å². The summed E-state index contributed by atoms with van der Waals surface area (Å²) in [4.78, 5) is 14.4. The maximum absolute atomic E-state index is 12.2. The number of nitrogens with zero attached hydrogens (tertiary/aromatic N) is 3. The topological polar surface area (TPSA) is 83.8 Å². The lowest BCUT2D eigenvalue weighted by atomic mass is 10.2. The van der Waals surface area contributed by atoms with E-state index in [1.165, 1.54) is 12.1 Å². The number of likely N-dealkylation sites (N-methyl/N-ethyl adjacent to an activating group) is 1. The molecule has 0 bridgehead atoms. The number of nitro benzene ring substituents is 1. The van der Waals surface area contributed by atoms with Gasteiger partial charge in [-0.15, -0.1) is 0 Å². The van der Waals surface area contributed by atoms with E-state index in [-0.39, 0.29) is 10.6 Å². The highest BCUT2D eigenvalue weighted by molar-refractivity contribution is 9.12. The molecule has 1 aromatic rings. The average molecular weight is 447 g/mol. The van der Waals surface area contributed by atoms with Gasteiger partial charge in [0.25, 0.3) is 8.26 Å². The van der Waals surface area contributed by atoms with Crippen LogP contribution in [0, 0.1) is 10.1 Å². The average Bonchev–Trinajstić information content (AvgIpc) is 2.46. The maximum atomic E-state index is 12.2. The summed E-state index contributed by atoms with van der Waals surface area (Å²) in [5, 5.41) is 11.4. The number of hydrogen-bond acceptors (Lipinski definition) is 6. The molecule has 1 aliphatic rings. The minimum Gasteiger partial charge on any atom is -0.363 e. The number of nitro groups is 1. The van der Waals surface area contributed by atoms with Gasteiger partial charge in [0.1, 0.15) is 5.69 Å². The van der Waals surface area contributed by atoms with Gasteiger partial charge < -0.3 is 9.80 Å². The molecule has 2 rings (SSSR count). The van der Waals surface area contributed by atoms with Gasteiger partial charge in [0.2, 0.25) is 9.84 Å². The van der Waals surface area contributed by atoms with E-state index in [4.69, 9.17) is 23.2 Å². The molecule has 0 atom stereocenters. The van der Waals surface area contributed by atoms with E-state index in [0.29, 0.717) is 18.8 Å². The normalized spacial score (nSPS) is 17.3. The van der Waals surface area contributed by atoms with Crippen molar-refractivity contribution in [2.45, 2.75) is 7.47 Å². The summed E-state index contributed by atoms with van der Waals surface area (Å²) in [6, 6.07) is 3.68. The zero-order valence-corrected chi connectivity index (χ0v) is 16.0. The molecule has 0 radical (unpaired) electrons. The first-order valence-corrected chi connectivity index (χ1v) is 9.60. The summed E-state index contributed by atoms with van der Waals surface area (Å²) in [7, 11) is -2.20. The first kappa shape index (κ1) is 18.7. The number of hydrogen-bond donors (Lipinski definition) is 0. The Hall–Kier alpha value is -0.610. The Morgan fingerprint density at radius 1 is 1.26 bits per heavy atom. The molecule has 0 amide bonds. The fourth-order valence-corrected chi connectivity index (χ4v) is 4.14. The zero-order valence-electron chi connectivity index (χ0n) is 12.1. The molecule has 1 heterocycles. The van der Waals surface area contributed by atoms with Crippen LogP contribution in [0.4, 0.5) is 11.4 Å². The summed E-state index contributed by atoms with van der Waals surface area (Å²) in [6.07, 6.45) is 0. The largest absolute Gasteiger partial charge is 0.363 e. The Morgan fingerprint density at radius 3 is 2.30 bits per heavy atom. The first-order valence-electron chi connectivity index (χ1n) is 6.57. The van der Waals surface area contributed by atoms with Crippen LogP contribution in [-0.4, -0.2) is 54.0 Å². The van der Waals surface area contributed by atoms with E-state index < -0.39 is 17.3 Å². The summed E-state index contributed by atoms with van der Waals surface area (Å²) in [6.45, 7) is 2.78. The van der Waals surface area contributed by atoms with Crippen LogP contribution in [0.3, 0.4) is 0 Å². The molecule has 0 unspecified atom stereocenters. The number of piperazine rings is 1. The van der Waals surface area contributed by atoms with Crippen LogP contribution in [-0.2, 0) is 9.84 Å². The van der Waals surface area contributed by atoms with Crippen molar-refractivity contribution >= 4 is 60.3 Å². The number of halogens is 3. The Balaban J connectivity index is 2.46. The van der Waals surface area contributed by atoms with Crippen molar-refractivity contribution in [3.05, 3.63) is 28.3 Å². The second-order valence-electron chi connectivity index (χ2n) is 5.15. The molecule has 0 N–H and O–H groups in total. The second kappa shape index (κ2) is 6.72. The van der Waals surface area contributed by atoms with Crippen molar-refractivity contribution in [2.24, 2.45) is 0 Å². The van der Waals surface area contributed by atoms with Crippen LogP contribution in [0.2, 0.25) is 0 Å². The second-order valence-corrected chi connectivity index (χ2v) is 11.6. The third-order valence-electron chi connectivity index (χ3n) is 3.60. The molecule has 23 heavy (non-hydrogen) atoms. The lowest BCUT2D eigenvalue weighted by Gasteiger charge is -2.33. The van der Waals surface area contributed by atoms with Gasteiger partial charge in [0, 0.05) is 32.2 Å². The fraction of sp³-hybridized carbons (Fsp3) is 0.500. The van der Waals surface area contributed by atoms with Crippen molar-refractivity contribution in [3.8, 4) is 0 Å². The van der Waals surface area contributed by atoms with Crippen LogP contribution in [0.25, 0.3) is 0 Å². The predicted molar refractivity (Wildman–Crippen MR) is 93.4 cm³/mol. The van der Waals surface area contributed by atoms with E-state index in [1.54, 1.807) is 0 Å². The number of anilines is 1. The highest BCUT2D eigenvalue weighted by atomic mass is 79.9. The van der Waals surface area contributed by atoms with E-state index in [1.807, 2.05) is 11.9 Å². The van der Waals surface area contributed by atoms with Crippen LogP contribution in [0.1, 0.15) is 0 Å². The Bertz CT molecular complexity index is 716. The van der Waals surface area contributed by atoms with Crippen LogP contribution < -0.4 is 4.90 Å². The van der Waals surface area contributed by atoms with Gasteiger partial charge in [0.15, 0.2) is 0 Å². The molecular weight excluding hydrogens is 433 g/mol. The van der Waals surface area contributed by atoms with E-state index >= 15 is 0 Å². The molecule has 1 saturated heterocycles. The predicted octanol–water partition coefficient (Wildman–Crippen LogP) is 2.60. The van der Waals surface area contributed by atoms with Crippen LogP contribution in [0.5, 0.6) is 0 Å². The van der Waals surface area contributed by atoms with Gasteiger partial charge in [-0.25, -0.2) is 8.42 Å². The van der Waals surface area contributed by atoms with E-state index in [9.17, 15) is 18.5 Å². The Kier molecular flexibility index (Phi) is 5.47. The van der Waals surface area contributed by atoms with Gasteiger partial charge in [0.05, 0.1) is 9.82 Å². The van der Waals surface area contributed by atoms with Crippen LogP contribution >= 0.6 is 39.1 Å². The number of sulfone groups is 1. The minimum atomic E-state index is -4.17. The van der Waals surface area contributed by atoms with Gasteiger partial charge >= 0.3 is 0 Å².